The molecule has 1 aromatic carbocycles. The van der Waals surface area contributed by atoms with Crippen LogP contribution in [0.4, 0.5) is 5.13 Å². The molecule has 0 aliphatic rings. The molecule has 18 heavy (non-hydrogen) atoms. The van der Waals surface area contributed by atoms with Crippen molar-refractivity contribution in [1.82, 2.24) is 4.98 Å². The fourth-order valence-electron chi connectivity index (χ4n) is 1.50. The van der Waals surface area contributed by atoms with Crippen molar-refractivity contribution >= 4 is 22.4 Å². The zero-order valence-corrected chi connectivity index (χ0v) is 10.8. The van der Waals surface area contributed by atoms with E-state index < -0.39 is 5.97 Å². The molecule has 0 spiro atoms. The Hall–Kier alpha value is -1.88. The van der Waals surface area contributed by atoms with E-state index in [2.05, 4.69) is 34.6 Å². The summed E-state index contributed by atoms with van der Waals surface area (Å²) in [4.78, 5) is 14.6. The molecule has 1 heterocycles. The van der Waals surface area contributed by atoms with Crippen molar-refractivity contribution in [3.8, 4) is 0 Å². The van der Waals surface area contributed by atoms with E-state index in [-0.39, 0.29) is 6.42 Å². The summed E-state index contributed by atoms with van der Waals surface area (Å²) in [6, 6.07) is 8.22. The number of hydrogen-bond acceptors (Lipinski definition) is 5. The number of aromatic nitrogens is 1. The lowest BCUT2D eigenvalue weighted by Crippen LogP contribution is -2.24. The van der Waals surface area contributed by atoms with Crippen molar-refractivity contribution < 1.29 is 9.90 Å². The number of carboxylic acids is 1. The second kappa shape index (κ2) is 5.64. The van der Waals surface area contributed by atoms with E-state index in [1.165, 1.54) is 16.9 Å². The minimum Gasteiger partial charge on any atom is -0.550 e. The van der Waals surface area contributed by atoms with Gasteiger partial charge in [0.2, 0.25) is 0 Å². The molecule has 94 valence electrons. The lowest BCUT2D eigenvalue weighted by Gasteiger charge is -2.03. The van der Waals surface area contributed by atoms with Gasteiger partial charge in [-0.15, -0.1) is 11.3 Å². The van der Waals surface area contributed by atoms with Crippen LogP contribution in [-0.2, 0) is 17.8 Å². The Morgan fingerprint density at radius 1 is 1.39 bits per heavy atom. The number of aryl methyl sites for hydroxylation is 1. The first kappa shape index (κ1) is 12.6. The molecule has 0 amide bonds. The average Bonchev–Trinajstić information content (AvgIpc) is 2.75. The normalized spacial score (nSPS) is 10.3. The molecule has 0 atom stereocenters. The van der Waals surface area contributed by atoms with Crippen molar-refractivity contribution in [3.05, 3.63) is 46.5 Å². The second-order valence-electron chi connectivity index (χ2n) is 4.03. The van der Waals surface area contributed by atoms with Gasteiger partial charge in [-0.25, -0.2) is 4.98 Å². The highest BCUT2D eigenvalue weighted by molar-refractivity contribution is 7.13. The van der Waals surface area contributed by atoms with Crippen LogP contribution in [0.3, 0.4) is 0 Å². The molecule has 2 aromatic rings. The van der Waals surface area contributed by atoms with E-state index in [1.54, 1.807) is 5.38 Å². The molecular weight excluding hydrogens is 248 g/mol. The van der Waals surface area contributed by atoms with E-state index >= 15 is 0 Å². The number of rotatable bonds is 5. The van der Waals surface area contributed by atoms with Crippen LogP contribution >= 0.6 is 11.3 Å². The van der Waals surface area contributed by atoms with Gasteiger partial charge in [-0.3, -0.25) is 0 Å². The fourth-order valence-corrected chi connectivity index (χ4v) is 2.21. The van der Waals surface area contributed by atoms with E-state index in [0.717, 1.165) is 10.7 Å². The number of carboxylic acid groups (broad SMARTS) is 1. The fraction of sp³-hybridized carbons (Fsp3) is 0.231. The molecule has 5 heteroatoms. The van der Waals surface area contributed by atoms with Crippen molar-refractivity contribution in [2.24, 2.45) is 0 Å². The number of carbonyl (C=O) groups is 1. The highest BCUT2D eigenvalue weighted by atomic mass is 32.1. The zero-order valence-electron chi connectivity index (χ0n) is 9.97. The number of nitrogens with one attached hydrogen (secondary N) is 1. The van der Waals surface area contributed by atoms with Gasteiger partial charge in [0.25, 0.3) is 0 Å². The largest absolute Gasteiger partial charge is 0.550 e. The number of carbonyl (C=O) groups excluding carboxylic acids is 1. The molecule has 0 saturated carbocycles. The first-order valence-electron chi connectivity index (χ1n) is 5.57. The van der Waals surface area contributed by atoms with Gasteiger partial charge in [0.05, 0.1) is 5.69 Å². The second-order valence-corrected chi connectivity index (χ2v) is 4.89. The smallest absolute Gasteiger partial charge is 0.183 e. The van der Waals surface area contributed by atoms with Crippen molar-refractivity contribution in [2.75, 3.05) is 5.32 Å². The first-order chi connectivity index (χ1) is 8.63. The van der Waals surface area contributed by atoms with Crippen LogP contribution < -0.4 is 10.4 Å². The van der Waals surface area contributed by atoms with Crippen LogP contribution in [0.5, 0.6) is 0 Å². The minimum atomic E-state index is -1.11. The van der Waals surface area contributed by atoms with E-state index in [1.807, 2.05) is 6.92 Å². The molecule has 1 aromatic heterocycles. The average molecular weight is 261 g/mol. The van der Waals surface area contributed by atoms with Crippen LogP contribution in [0.1, 0.15) is 16.8 Å². The number of anilines is 1. The van der Waals surface area contributed by atoms with Gasteiger partial charge in [-0.05, 0) is 12.5 Å². The molecule has 0 bridgehead atoms. The van der Waals surface area contributed by atoms with Crippen LogP contribution in [0.15, 0.2) is 29.6 Å². The van der Waals surface area contributed by atoms with Crippen molar-refractivity contribution in [2.45, 2.75) is 19.9 Å². The molecular formula is C13H13N2O2S-. The summed E-state index contributed by atoms with van der Waals surface area (Å²) in [5, 5.41) is 16.0. The van der Waals surface area contributed by atoms with Crippen molar-refractivity contribution in [3.63, 3.8) is 0 Å². The Morgan fingerprint density at radius 2 is 2.11 bits per heavy atom. The topological polar surface area (TPSA) is 65.0 Å². The summed E-state index contributed by atoms with van der Waals surface area (Å²) in [6.45, 7) is 2.73. The highest BCUT2D eigenvalue weighted by Gasteiger charge is 2.02. The Kier molecular flexibility index (Phi) is 3.94. The monoisotopic (exact) mass is 261 g/mol. The van der Waals surface area contributed by atoms with Gasteiger partial charge >= 0.3 is 0 Å². The maximum absolute atomic E-state index is 10.4. The first-order valence-corrected chi connectivity index (χ1v) is 6.45. The van der Waals surface area contributed by atoms with Crippen LogP contribution in [0, 0.1) is 6.92 Å². The van der Waals surface area contributed by atoms with Gasteiger partial charge in [0.1, 0.15) is 0 Å². The number of thiazole rings is 1. The Balaban J connectivity index is 1.92. The summed E-state index contributed by atoms with van der Waals surface area (Å²) in [5.41, 5.74) is 2.92. The molecule has 0 saturated heterocycles. The third-order valence-corrected chi connectivity index (χ3v) is 3.29. The molecule has 0 aliphatic heterocycles. The maximum atomic E-state index is 10.4. The third-order valence-electron chi connectivity index (χ3n) is 2.44. The summed E-state index contributed by atoms with van der Waals surface area (Å²) < 4.78 is 0. The summed E-state index contributed by atoms with van der Waals surface area (Å²) in [6.07, 6.45) is -0.136. The number of hydrogen-bond donors (Lipinski definition) is 1. The zero-order chi connectivity index (χ0) is 13.0. The van der Waals surface area contributed by atoms with Gasteiger partial charge < -0.3 is 15.2 Å². The number of benzene rings is 1. The van der Waals surface area contributed by atoms with Crippen LogP contribution in [0.25, 0.3) is 0 Å². The van der Waals surface area contributed by atoms with E-state index in [4.69, 9.17) is 0 Å². The lowest BCUT2D eigenvalue weighted by molar-refractivity contribution is -0.304. The predicted octanol–water partition coefficient (Wildman–Crippen LogP) is 1.36. The predicted molar refractivity (Wildman–Crippen MR) is 69.3 cm³/mol. The molecule has 0 fully saturated rings. The summed E-state index contributed by atoms with van der Waals surface area (Å²) in [7, 11) is 0. The van der Waals surface area contributed by atoms with Gasteiger partial charge in [-0.2, -0.15) is 0 Å². The summed E-state index contributed by atoms with van der Waals surface area (Å²) >= 11 is 1.40. The molecule has 4 nitrogen and oxygen atoms in total. The SMILES string of the molecule is Cc1ccc(CNc2nc(CC(=O)[O-])cs2)cc1. The Labute approximate surface area is 109 Å². The number of aliphatic carboxylic acids is 1. The summed E-state index contributed by atoms with van der Waals surface area (Å²) in [5.74, 6) is -1.11. The Morgan fingerprint density at radius 3 is 2.78 bits per heavy atom. The van der Waals surface area contributed by atoms with Gasteiger partial charge in [-0.1, -0.05) is 29.8 Å². The molecule has 0 aliphatic carbocycles. The third kappa shape index (κ3) is 3.56. The van der Waals surface area contributed by atoms with Crippen LogP contribution in [-0.4, -0.2) is 11.0 Å². The van der Waals surface area contributed by atoms with E-state index in [9.17, 15) is 9.90 Å². The lowest BCUT2D eigenvalue weighted by atomic mass is 10.1. The standard InChI is InChI=1S/C13H14N2O2S/c1-9-2-4-10(5-3-9)7-14-13-15-11(8-18-13)6-12(16)17/h2-5,8H,6-7H2,1H3,(H,14,15)(H,16,17)/p-1. The van der Waals surface area contributed by atoms with E-state index in [0.29, 0.717) is 12.2 Å². The number of nitrogens with zero attached hydrogens (tertiary/aromatic N) is 1. The van der Waals surface area contributed by atoms with Crippen LogP contribution in [0.2, 0.25) is 0 Å². The van der Waals surface area contributed by atoms with Crippen molar-refractivity contribution in [1.29, 1.82) is 0 Å². The Bertz CT molecular complexity index is 534. The molecule has 0 radical (unpaired) electrons. The highest BCUT2D eigenvalue weighted by Crippen LogP contribution is 2.16. The van der Waals surface area contributed by atoms with Gasteiger partial charge in [0.15, 0.2) is 5.13 Å². The molecule has 2 rings (SSSR count). The maximum Gasteiger partial charge on any atom is 0.183 e. The minimum absolute atomic E-state index is 0.136. The quantitative estimate of drug-likeness (QED) is 0.882. The van der Waals surface area contributed by atoms with Gasteiger partial charge in [0, 0.05) is 24.3 Å². The molecule has 0 unspecified atom stereocenters. The molecule has 1 N–H and O–H groups in total.